The van der Waals surface area contributed by atoms with Gasteiger partial charge in [-0.1, -0.05) is 97.9 Å². The number of nitrogens with zero attached hydrogens (tertiary/aromatic N) is 2. The molecule has 3 nitrogen and oxygen atoms in total. The molecule has 1 aliphatic heterocycles. The summed E-state index contributed by atoms with van der Waals surface area (Å²) in [4.78, 5) is 17.5. The van der Waals surface area contributed by atoms with E-state index in [9.17, 15) is 4.79 Å². The van der Waals surface area contributed by atoms with E-state index in [0.29, 0.717) is 12.6 Å². The van der Waals surface area contributed by atoms with Gasteiger partial charge in [0.1, 0.15) is 0 Å². The summed E-state index contributed by atoms with van der Waals surface area (Å²) >= 11 is 0. The van der Waals surface area contributed by atoms with Gasteiger partial charge in [-0.25, -0.2) is 0 Å². The summed E-state index contributed by atoms with van der Waals surface area (Å²) in [5, 5.41) is 0. The lowest BCUT2D eigenvalue weighted by molar-refractivity contribution is -0.141. The standard InChI is InChI=1S/C27H30N2O/c1-22-17-26(21-29(27(22)30)20-25-15-9-4-10-16-25)28(18-23-11-5-2-6-12-23)19-24-13-7-3-8-14-24/h2-16,22,26H,17-21H2,1H3/t22-,26+/m0/s1. The molecule has 0 saturated carbocycles. The predicted octanol–water partition coefficient (Wildman–Crippen LogP) is 5.13. The van der Waals surface area contributed by atoms with E-state index >= 15 is 0 Å². The molecule has 0 spiro atoms. The van der Waals surface area contributed by atoms with Crippen LogP contribution in [-0.2, 0) is 24.4 Å². The van der Waals surface area contributed by atoms with Crippen molar-refractivity contribution in [1.29, 1.82) is 0 Å². The van der Waals surface area contributed by atoms with Crippen LogP contribution < -0.4 is 0 Å². The van der Waals surface area contributed by atoms with Crippen LogP contribution in [-0.4, -0.2) is 28.3 Å². The third-order valence-electron chi connectivity index (χ3n) is 5.98. The van der Waals surface area contributed by atoms with Crippen molar-refractivity contribution in [3.8, 4) is 0 Å². The van der Waals surface area contributed by atoms with Crippen LogP contribution >= 0.6 is 0 Å². The van der Waals surface area contributed by atoms with Crippen molar-refractivity contribution in [2.75, 3.05) is 6.54 Å². The topological polar surface area (TPSA) is 23.6 Å². The Labute approximate surface area is 180 Å². The number of amides is 1. The van der Waals surface area contributed by atoms with E-state index in [1.807, 2.05) is 18.2 Å². The van der Waals surface area contributed by atoms with E-state index in [1.165, 1.54) is 16.7 Å². The summed E-state index contributed by atoms with van der Waals surface area (Å²) in [5.41, 5.74) is 3.82. The fourth-order valence-corrected chi connectivity index (χ4v) is 4.40. The number of likely N-dealkylation sites (tertiary alicyclic amines) is 1. The molecule has 3 aromatic rings. The van der Waals surface area contributed by atoms with Crippen LogP contribution in [0.25, 0.3) is 0 Å². The molecule has 0 unspecified atom stereocenters. The molecular formula is C27H30N2O. The average molecular weight is 399 g/mol. The van der Waals surface area contributed by atoms with Crippen LogP contribution in [0.2, 0.25) is 0 Å². The SMILES string of the molecule is C[C@H]1C[C@@H](N(Cc2ccccc2)Cc2ccccc2)CN(Cc2ccccc2)C1=O. The molecule has 3 aromatic carbocycles. The second-order valence-corrected chi connectivity index (χ2v) is 8.37. The molecule has 1 amide bonds. The molecule has 3 heteroatoms. The Morgan fingerprint density at radius 3 is 1.73 bits per heavy atom. The highest BCUT2D eigenvalue weighted by molar-refractivity contribution is 5.79. The average Bonchev–Trinajstić information content (AvgIpc) is 2.78. The smallest absolute Gasteiger partial charge is 0.225 e. The Hall–Kier alpha value is -2.91. The Kier molecular flexibility index (Phi) is 6.60. The molecule has 30 heavy (non-hydrogen) atoms. The third-order valence-corrected chi connectivity index (χ3v) is 5.98. The van der Waals surface area contributed by atoms with E-state index in [1.54, 1.807) is 0 Å². The number of hydrogen-bond donors (Lipinski definition) is 0. The Morgan fingerprint density at radius 1 is 0.767 bits per heavy atom. The predicted molar refractivity (Wildman–Crippen MR) is 122 cm³/mol. The maximum absolute atomic E-state index is 12.9. The minimum Gasteiger partial charge on any atom is -0.337 e. The summed E-state index contributed by atoms with van der Waals surface area (Å²) < 4.78 is 0. The maximum Gasteiger partial charge on any atom is 0.225 e. The molecule has 1 saturated heterocycles. The molecule has 1 fully saturated rings. The van der Waals surface area contributed by atoms with Gasteiger partial charge in [0.15, 0.2) is 0 Å². The lowest BCUT2D eigenvalue weighted by Crippen LogP contribution is -2.52. The first kappa shape index (κ1) is 20.4. The molecule has 1 heterocycles. The van der Waals surface area contributed by atoms with Crippen LogP contribution in [0.4, 0.5) is 0 Å². The number of rotatable bonds is 7. The maximum atomic E-state index is 12.9. The van der Waals surface area contributed by atoms with Gasteiger partial charge >= 0.3 is 0 Å². The minimum atomic E-state index is 0.0431. The van der Waals surface area contributed by atoms with Crippen LogP contribution in [0.3, 0.4) is 0 Å². The normalized spacial score (nSPS) is 19.3. The summed E-state index contributed by atoms with van der Waals surface area (Å²) in [6, 6.07) is 32.0. The highest BCUT2D eigenvalue weighted by atomic mass is 16.2. The number of carbonyl (C=O) groups excluding carboxylic acids is 1. The second-order valence-electron chi connectivity index (χ2n) is 8.37. The monoisotopic (exact) mass is 398 g/mol. The quantitative estimate of drug-likeness (QED) is 0.551. The van der Waals surface area contributed by atoms with Gasteiger partial charge in [-0.2, -0.15) is 0 Å². The van der Waals surface area contributed by atoms with Crippen molar-refractivity contribution in [3.05, 3.63) is 108 Å². The number of hydrogen-bond acceptors (Lipinski definition) is 2. The van der Waals surface area contributed by atoms with Gasteiger partial charge in [-0.15, -0.1) is 0 Å². The molecule has 0 aromatic heterocycles. The lowest BCUT2D eigenvalue weighted by Gasteiger charge is -2.42. The van der Waals surface area contributed by atoms with Gasteiger partial charge in [-0.3, -0.25) is 9.69 Å². The molecular weight excluding hydrogens is 368 g/mol. The molecule has 0 radical (unpaired) electrons. The summed E-state index contributed by atoms with van der Waals surface area (Å²) in [6.07, 6.45) is 0.907. The first-order chi connectivity index (χ1) is 14.7. The number of piperidine rings is 1. The van der Waals surface area contributed by atoms with E-state index in [0.717, 1.165) is 26.1 Å². The molecule has 2 atom stereocenters. The van der Waals surface area contributed by atoms with Gasteiger partial charge in [0.05, 0.1) is 0 Å². The van der Waals surface area contributed by atoms with Crippen molar-refractivity contribution in [1.82, 2.24) is 9.80 Å². The Balaban J connectivity index is 1.55. The lowest BCUT2D eigenvalue weighted by atomic mass is 9.92. The molecule has 154 valence electrons. The van der Waals surface area contributed by atoms with E-state index in [4.69, 9.17) is 0 Å². The van der Waals surface area contributed by atoms with E-state index in [2.05, 4.69) is 89.5 Å². The van der Waals surface area contributed by atoms with E-state index < -0.39 is 0 Å². The molecule has 1 aliphatic rings. The Bertz CT molecular complexity index is 885. The zero-order valence-electron chi connectivity index (χ0n) is 17.7. The van der Waals surface area contributed by atoms with Gasteiger partial charge in [0, 0.05) is 38.1 Å². The van der Waals surface area contributed by atoms with Gasteiger partial charge in [0.2, 0.25) is 5.91 Å². The third kappa shape index (κ3) is 5.17. The second kappa shape index (κ2) is 9.73. The van der Waals surface area contributed by atoms with E-state index in [-0.39, 0.29) is 11.8 Å². The zero-order valence-corrected chi connectivity index (χ0v) is 17.7. The Morgan fingerprint density at radius 2 is 1.23 bits per heavy atom. The van der Waals surface area contributed by atoms with Gasteiger partial charge in [-0.05, 0) is 23.1 Å². The first-order valence-electron chi connectivity index (χ1n) is 10.8. The molecule has 4 rings (SSSR count). The van der Waals surface area contributed by atoms with Crippen LogP contribution in [0, 0.1) is 5.92 Å². The summed E-state index contributed by atoms with van der Waals surface area (Å²) in [5.74, 6) is 0.316. The zero-order chi connectivity index (χ0) is 20.8. The number of carbonyl (C=O) groups is 1. The van der Waals surface area contributed by atoms with Crippen molar-refractivity contribution in [2.24, 2.45) is 5.92 Å². The van der Waals surface area contributed by atoms with Gasteiger partial charge in [0.25, 0.3) is 0 Å². The van der Waals surface area contributed by atoms with Crippen LogP contribution in [0.1, 0.15) is 30.0 Å². The van der Waals surface area contributed by atoms with Crippen molar-refractivity contribution in [3.63, 3.8) is 0 Å². The fraction of sp³-hybridized carbons (Fsp3) is 0.296. The minimum absolute atomic E-state index is 0.0431. The molecule has 0 aliphatic carbocycles. The number of benzene rings is 3. The van der Waals surface area contributed by atoms with Gasteiger partial charge < -0.3 is 4.90 Å². The highest BCUT2D eigenvalue weighted by Gasteiger charge is 2.34. The van der Waals surface area contributed by atoms with Crippen molar-refractivity contribution < 1.29 is 4.79 Å². The largest absolute Gasteiger partial charge is 0.337 e. The van der Waals surface area contributed by atoms with Crippen molar-refractivity contribution in [2.45, 2.75) is 39.0 Å². The summed E-state index contributed by atoms with van der Waals surface area (Å²) in [6.45, 7) is 5.32. The fourth-order valence-electron chi connectivity index (χ4n) is 4.40. The molecule has 0 N–H and O–H groups in total. The van der Waals surface area contributed by atoms with Crippen LogP contribution in [0.5, 0.6) is 0 Å². The first-order valence-corrected chi connectivity index (χ1v) is 10.8. The summed E-state index contributed by atoms with van der Waals surface area (Å²) in [7, 11) is 0. The molecule has 0 bridgehead atoms. The van der Waals surface area contributed by atoms with Crippen molar-refractivity contribution >= 4 is 5.91 Å². The van der Waals surface area contributed by atoms with Crippen LogP contribution in [0.15, 0.2) is 91.0 Å². The highest BCUT2D eigenvalue weighted by Crippen LogP contribution is 2.26.